The zero-order chi connectivity index (χ0) is 18.0. The molecular formula is C18H23N3O4. The molecule has 1 fully saturated rings. The number of rotatable bonds is 8. The summed E-state index contributed by atoms with van der Waals surface area (Å²) in [5, 5.41) is 16.6. The normalized spacial score (nSPS) is 15.3. The summed E-state index contributed by atoms with van der Waals surface area (Å²) in [6.45, 7) is 3.91. The predicted octanol–water partition coefficient (Wildman–Crippen LogP) is 3.04. The molecule has 1 unspecified atom stereocenters. The molecule has 0 aliphatic heterocycles. The summed E-state index contributed by atoms with van der Waals surface area (Å²) >= 11 is 0. The lowest BCUT2D eigenvalue weighted by Gasteiger charge is -2.14. The van der Waals surface area contributed by atoms with Crippen LogP contribution in [0.1, 0.15) is 73.6 Å². The van der Waals surface area contributed by atoms with Crippen LogP contribution < -0.4 is 5.32 Å². The van der Waals surface area contributed by atoms with Crippen molar-refractivity contribution in [2.45, 2.75) is 64.3 Å². The molecule has 0 radical (unpaired) electrons. The highest BCUT2D eigenvalue weighted by atomic mass is 16.5. The Labute approximate surface area is 145 Å². The number of pyridine rings is 1. The Morgan fingerprint density at radius 2 is 2.12 bits per heavy atom. The van der Waals surface area contributed by atoms with Crippen molar-refractivity contribution in [1.82, 2.24) is 15.5 Å². The van der Waals surface area contributed by atoms with E-state index in [0.29, 0.717) is 47.5 Å². The summed E-state index contributed by atoms with van der Waals surface area (Å²) in [6.07, 6.45) is 4.68. The lowest BCUT2D eigenvalue weighted by atomic mass is 10.0. The van der Waals surface area contributed by atoms with Crippen LogP contribution in [-0.4, -0.2) is 33.2 Å². The van der Waals surface area contributed by atoms with Crippen LogP contribution in [-0.2, 0) is 11.2 Å². The molecule has 0 bridgehead atoms. The number of carbonyl (C=O) groups excluding carboxylic acids is 1. The monoisotopic (exact) mass is 345 g/mol. The van der Waals surface area contributed by atoms with Gasteiger partial charge in [-0.1, -0.05) is 31.8 Å². The molecule has 7 nitrogen and oxygen atoms in total. The summed E-state index contributed by atoms with van der Waals surface area (Å²) in [5.41, 5.74) is 2.29. The van der Waals surface area contributed by atoms with Gasteiger partial charge in [-0.25, -0.2) is 9.78 Å². The molecule has 25 heavy (non-hydrogen) atoms. The molecule has 1 aliphatic carbocycles. The van der Waals surface area contributed by atoms with Crippen molar-refractivity contribution in [2.75, 3.05) is 0 Å². The standard InChI is InChI=1S/C18H23N3O4/c1-3-5-12-15-11(16(22)19-13(6-4-2)18(23)24)9-14(10-7-8-10)20-17(15)25-21-12/h9-10,13H,3-8H2,1-2H3,(H,19,22)(H,23,24). The van der Waals surface area contributed by atoms with Gasteiger partial charge in [-0.05, 0) is 31.7 Å². The lowest BCUT2D eigenvalue weighted by molar-refractivity contribution is -0.139. The van der Waals surface area contributed by atoms with Crippen LogP contribution in [0, 0.1) is 0 Å². The Balaban J connectivity index is 2.00. The first-order valence-electron chi connectivity index (χ1n) is 8.88. The summed E-state index contributed by atoms with van der Waals surface area (Å²) < 4.78 is 5.35. The van der Waals surface area contributed by atoms with E-state index in [4.69, 9.17) is 4.52 Å². The van der Waals surface area contributed by atoms with Gasteiger partial charge in [0.2, 0.25) is 0 Å². The second kappa shape index (κ2) is 7.21. The highest BCUT2D eigenvalue weighted by molar-refractivity contribution is 6.07. The Hall–Kier alpha value is -2.44. The van der Waals surface area contributed by atoms with Crippen molar-refractivity contribution < 1.29 is 19.2 Å². The van der Waals surface area contributed by atoms with Crippen molar-refractivity contribution >= 4 is 23.0 Å². The van der Waals surface area contributed by atoms with Crippen molar-refractivity contribution in [3.63, 3.8) is 0 Å². The molecule has 0 spiro atoms. The van der Waals surface area contributed by atoms with Crippen LogP contribution in [0.15, 0.2) is 10.6 Å². The van der Waals surface area contributed by atoms with Gasteiger partial charge in [0.1, 0.15) is 6.04 Å². The molecule has 3 rings (SSSR count). The van der Waals surface area contributed by atoms with Crippen molar-refractivity contribution in [3.05, 3.63) is 23.0 Å². The molecular weight excluding hydrogens is 322 g/mol. The maximum absolute atomic E-state index is 12.8. The minimum Gasteiger partial charge on any atom is -0.480 e. The van der Waals surface area contributed by atoms with Gasteiger partial charge in [-0.15, -0.1) is 0 Å². The van der Waals surface area contributed by atoms with E-state index >= 15 is 0 Å². The number of carboxylic acid groups (broad SMARTS) is 1. The minimum absolute atomic E-state index is 0.349. The van der Waals surface area contributed by atoms with Gasteiger partial charge in [0, 0.05) is 11.6 Å². The predicted molar refractivity (Wildman–Crippen MR) is 91.6 cm³/mol. The summed E-state index contributed by atoms with van der Waals surface area (Å²) in [5.74, 6) is -1.08. The van der Waals surface area contributed by atoms with E-state index in [1.54, 1.807) is 6.07 Å². The maximum Gasteiger partial charge on any atom is 0.326 e. The molecule has 134 valence electrons. The summed E-state index contributed by atoms with van der Waals surface area (Å²) in [4.78, 5) is 28.7. The van der Waals surface area contributed by atoms with Crippen LogP contribution >= 0.6 is 0 Å². The van der Waals surface area contributed by atoms with E-state index in [-0.39, 0.29) is 0 Å². The third-order valence-electron chi connectivity index (χ3n) is 4.44. The highest BCUT2D eigenvalue weighted by Crippen LogP contribution is 2.40. The van der Waals surface area contributed by atoms with E-state index in [1.165, 1.54) is 0 Å². The number of carboxylic acids is 1. The molecule has 2 heterocycles. The number of amides is 1. The first-order valence-corrected chi connectivity index (χ1v) is 8.88. The van der Waals surface area contributed by atoms with Crippen molar-refractivity contribution in [3.8, 4) is 0 Å². The molecule has 1 saturated carbocycles. The van der Waals surface area contributed by atoms with Gasteiger partial charge in [0.15, 0.2) is 0 Å². The van der Waals surface area contributed by atoms with Gasteiger partial charge in [0.25, 0.3) is 11.6 Å². The van der Waals surface area contributed by atoms with Crippen LogP contribution in [0.4, 0.5) is 0 Å². The minimum atomic E-state index is -1.03. The second-order valence-corrected chi connectivity index (χ2v) is 6.58. The lowest BCUT2D eigenvalue weighted by Crippen LogP contribution is -2.40. The number of nitrogens with zero attached hydrogens (tertiary/aromatic N) is 2. The average molecular weight is 345 g/mol. The third-order valence-corrected chi connectivity index (χ3v) is 4.44. The Bertz CT molecular complexity index is 795. The Morgan fingerprint density at radius 3 is 2.72 bits per heavy atom. The van der Waals surface area contributed by atoms with Gasteiger partial charge in [-0.3, -0.25) is 4.79 Å². The molecule has 2 aromatic rings. The number of hydrogen-bond donors (Lipinski definition) is 2. The van der Waals surface area contributed by atoms with Crippen LogP contribution in [0.2, 0.25) is 0 Å². The largest absolute Gasteiger partial charge is 0.480 e. The van der Waals surface area contributed by atoms with Crippen molar-refractivity contribution in [1.29, 1.82) is 0 Å². The molecule has 0 aromatic carbocycles. The number of aromatic nitrogens is 2. The fourth-order valence-electron chi connectivity index (χ4n) is 2.99. The number of fused-ring (bicyclic) bond motifs is 1. The maximum atomic E-state index is 12.8. The Morgan fingerprint density at radius 1 is 1.36 bits per heavy atom. The van der Waals surface area contributed by atoms with Crippen LogP contribution in [0.25, 0.3) is 11.1 Å². The molecule has 1 aliphatic rings. The zero-order valence-corrected chi connectivity index (χ0v) is 14.5. The first-order chi connectivity index (χ1) is 12.0. The number of aryl methyl sites for hydroxylation is 1. The first kappa shape index (κ1) is 17.4. The zero-order valence-electron chi connectivity index (χ0n) is 14.5. The number of aliphatic carboxylic acids is 1. The summed E-state index contributed by atoms with van der Waals surface area (Å²) in [6, 6.07) is 0.871. The van der Waals surface area contributed by atoms with Gasteiger partial charge >= 0.3 is 5.97 Å². The quantitative estimate of drug-likeness (QED) is 0.762. The van der Waals surface area contributed by atoms with Gasteiger partial charge < -0.3 is 14.9 Å². The molecule has 1 amide bonds. The smallest absolute Gasteiger partial charge is 0.326 e. The molecule has 2 N–H and O–H groups in total. The fraction of sp³-hybridized carbons (Fsp3) is 0.556. The third kappa shape index (κ3) is 3.65. The highest BCUT2D eigenvalue weighted by Gasteiger charge is 2.30. The van der Waals surface area contributed by atoms with Crippen LogP contribution in [0.5, 0.6) is 0 Å². The fourth-order valence-corrected chi connectivity index (χ4v) is 2.99. The molecule has 7 heteroatoms. The van der Waals surface area contributed by atoms with E-state index < -0.39 is 17.9 Å². The molecule has 0 saturated heterocycles. The summed E-state index contributed by atoms with van der Waals surface area (Å²) in [7, 11) is 0. The average Bonchev–Trinajstić information content (AvgIpc) is 3.36. The van der Waals surface area contributed by atoms with E-state index in [2.05, 4.69) is 15.5 Å². The number of hydrogen-bond acceptors (Lipinski definition) is 5. The van der Waals surface area contributed by atoms with Gasteiger partial charge in [0.05, 0.1) is 16.6 Å². The van der Waals surface area contributed by atoms with Crippen LogP contribution in [0.3, 0.4) is 0 Å². The topological polar surface area (TPSA) is 105 Å². The molecule has 2 aromatic heterocycles. The number of nitrogens with one attached hydrogen (secondary N) is 1. The van der Waals surface area contributed by atoms with Crippen molar-refractivity contribution in [2.24, 2.45) is 0 Å². The van der Waals surface area contributed by atoms with E-state index in [0.717, 1.165) is 25.0 Å². The SMILES string of the molecule is CCCc1noc2nc(C3CC3)cc(C(=O)NC(CCC)C(=O)O)c12. The molecule has 1 atom stereocenters. The number of carbonyl (C=O) groups is 2. The van der Waals surface area contributed by atoms with Gasteiger partial charge in [-0.2, -0.15) is 0 Å². The van der Waals surface area contributed by atoms with E-state index in [9.17, 15) is 14.7 Å². The second-order valence-electron chi connectivity index (χ2n) is 6.58. The van der Waals surface area contributed by atoms with E-state index in [1.807, 2.05) is 13.8 Å². The Kier molecular flexibility index (Phi) is 5.01.